The third kappa shape index (κ3) is 7.62. The standard InChI is InChI=1S/C53H68N2O8/c1-30(2)9-8-10-32(4)40-18-19-41-39-17-14-34-27-37(21-23-52(34,5)42(39)22-24-53(40,41)6)63-36-15-11-33(12-16-36)13-20-43(56)62-29-61-38-26-31(3)25-35(28-38)55-50(59)46-44-45(47(46)51(55)60)49(58)54(7)48(44)57/h11-13,15-16,20,25-26,28,30,32,34,37,39-42,44-47H,8-10,14,17-19,21-24,27,29H2,1-7H3/b20-13+. The molecule has 2 aromatic rings. The van der Waals surface area contributed by atoms with Crippen molar-refractivity contribution in [1.29, 1.82) is 0 Å². The summed E-state index contributed by atoms with van der Waals surface area (Å²) in [7, 11) is 1.39. The lowest BCUT2D eigenvalue weighted by Gasteiger charge is -2.61. The van der Waals surface area contributed by atoms with Crippen LogP contribution in [-0.2, 0) is 28.7 Å². The molecule has 0 bridgehead atoms. The Morgan fingerprint density at radius 1 is 0.778 bits per heavy atom. The van der Waals surface area contributed by atoms with E-state index in [9.17, 15) is 24.0 Å². The zero-order valence-electron chi connectivity index (χ0n) is 38.5. The molecule has 0 radical (unpaired) electrons. The van der Waals surface area contributed by atoms with Crippen LogP contribution in [0.3, 0.4) is 0 Å². The molecule has 13 atom stereocenters. The molecule has 4 amide bonds. The minimum absolute atomic E-state index is 0.224. The number of benzene rings is 2. The quantitative estimate of drug-likeness (QED) is 0.0846. The van der Waals surface area contributed by atoms with E-state index in [-0.39, 0.29) is 18.6 Å². The van der Waals surface area contributed by atoms with Crippen LogP contribution < -0.4 is 14.4 Å². The topological polar surface area (TPSA) is 120 Å². The molecule has 7 fully saturated rings. The maximum absolute atomic E-state index is 13.4. The second kappa shape index (κ2) is 16.8. The van der Waals surface area contributed by atoms with Crippen LogP contribution in [0, 0.1) is 82.9 Å². The maximum atomic E-state index is 13.4. The summed E-state index contributed by atoms with van der Waals surface area (Å²) in [4.78, 5) is 66.7. The summed E-state index contributed by atoms with van der Waals surface area (Å²) in [5.74, 6) is 1.45. The molecule has 63 heavy (non-hydrogen) atoms. The Morgan fingerprint density at radius 2 is 1.44 bits per heavy atom. The summed E-state index contributed by atoms with van der Waals surface area (Å²) < 4.78 is 17.7. The molecule has 2 aliphatic heterocycles. The number of imide groups is 2. The number of ether oxygens (including phenoxy) is 3. The van der Waals surface area contributed by atoms with Gasteiger partial charge < -0.3 is 14.2 Å². The lowest BCUT2D eigenvalue weighted by molar-refractivity contribution is -0.146. The zero-order chi connectivity index (χ0) is 44.5. The monoisotopic (exact) mass is 860 g/mol. The third-order valence-electron chi connectivity index (χ3n) is 17.9. The van der Waals surface area contributed by atoms with Gasteiger partial charge in [-0.25, -0.2) is 9.69 Å². The zero-order valence-corrected chi connectivity index (χ0v) is 38.5. The Kier molecular flexibility index (Phi) is 11.7. The number of fused-ring (bicyclic) bond motifs is 9. The predicted molar refractivity (Wildman–Crippen MR) is 240 cm³/mol. The number of anilines is 1. The number of amides is 4. The molecule has 7 aliphatic rings. The summed E-state index contributed by atoms with van der Waals surface area (Å²) in [6.45, 7) is 14.1. The van der Waals surface area contributed by atoms with Gasteiger partial charge in [-0.15, -0.1) is 0 Å². The molecule has 2 heterocycles. The van der Waals surface area contributed by atoms with E-state index in [4.69, 9.17) is 14.2 Å². The number of likely N-dealkylation sites (tertiary alicyclic amines) is 1. The fourth-order valence-corrected chi connectivity index (χ4v) is 14.7. The molecule has 0 spiro atoms. The van der Waals surface area contributed by atoms with Gasteiger partial charge in [-0.1, -0.05) is 66.0 Å². The van der Waals surface area contributed by atoms with Crippen molar-refractivity contribution in [2.24, 2.45) is 75.9 Å². The van der Waals surface area contributed by atoms with E-state index in [1.807, 2.05) is 24.3 Å². The number of carbonyl (C=O) groups is 5. The van der Waals surface area contributed by atoms with E-state index in [0.717, 1.165) is 75.4 Å². The Morgan fingerprint density at radius 3 is 2.14 bits per heavy atom. The van der Waals surface area contributed by atoms with Crippen molar-refractivity contribution in [2.75, 3.05) is 18.7 Å². The second-order valence-corrected chi connectivity index (χ2v) is 21.7. The van der Waals surface area contributed by atoms with E-state index in [2.05, 4.69) is 34.6 Å². The number of nitrogens with zero attached hydrogens (tertiary/aromatic N) is 2. The molecule has 0 N–H and O–H groups in total. The van der Waals surface area contributed by atoms with Gasteiger partial charge in [0.2, 0.25) is 30.4 Å². The molecule has 2 saturated heterocycles. The van der Waals surface area contributed by atoms with Crippen LogP contribution in [-0.4, -0.2) is 54.4 Å². The van der Waals surface area contributed by atoms with Crippen LogP contribution in [0.1, 0.15) is 123 Å². The molecule has 9 rings (SSSR count). The number of aryl methyl sites for hydroxylation is 1. The van der Waals surface area contributed by atoms with Crippen LogP contribution in [0.15, 0.2) is 48.5 Å². The summed E-state index contributed by atoms with van der Waals surface area (Å²) in [5.41, 5.74) is 2.79. The van der Waals surface area contributed by atoms with Gasteiger partial charge in [0, 0.05) is 19.2 Å². The van der Waals surface area contributed by atoms with Gasteiger partial charge in [0.25, 0.3) is 0 Å². The number of rotatable bonds is 13. The molecule has 2 aromatic carbocycles. The van der Waals surface area contributed by atoms with Crippen molar-refractivity contribution < 1.29 is 38.2 Å². The molecule has 5 saturated carbocycles. The Hall–Kier alpha value is -4.47. The lowest BCUT2D eigenvalue weighted by Crippen LogP contribution is -2.54. The van der Waals surface area contributed by atoms with E-state index in [1.165, 1.54) is 83.4 Å². The normalized spacial score (nSPS) is 36.1. The van der Waals surface area contributed by atoms with Gasteiger partial charge in [-0.05, 0) is 158 Å². The van der Waals surface area contributed by atoms with Gasteiger partial charge >= 0.3 is 5.97 Å². The summed E-state index contributed by atoms with van der Waals surface area (Å²) in [6, 6.07) is 12.8. The maximum Gasteiger partial charge on any atom is 0.333 e. The highest BCUT2D eigenvalue weighted by molar-refractivity contribution is 6.27. The van der Waals surface area contributed by atoms with Crippen LogP contribution in [0.4, 0.5) is 5.69 Å². The first-order chi connectivity index (χ1) is 30.1. The Labute approximate surface area is 373 Å². The fraction of sp³-hybridized carbons (Fsp3) is 0.642. The third-order valence-corrected chi connectivity index (χ3v) is 17.9. The summed E-state index contributed by atoms with van der Waals surface area (Å²) in [6.07, 6.45) is 19.4. The molecule has 10 heteroatoms. The number of carbonyl (C=O) groups excluding carboxylic acids is 5. The fourth-order valence-electron chi connectivity index (χ4n) is 14.7. The lowest BCUT2D eigenvalue weighted by atomic mass is 9.44. The first-order valence-corrected chi connectivity index (χ1v) is 24.1. The number of esters is 1. The van der Waals surface area contributed by atoms with Crippen LogP contribution >= 0.6 is 0 Å². The van der Waals surface area contributed by atoms with Crippen molar-refractivity contribution in [3.63, 3.8) is 0 Å². The van der Waals surface area contributed by atoms with E-state index >= 15 is 0 Å². The molecular weight excluding hydrogens is 793 g/mol. The average molecular weight is 861 g/mol. The Bertz CT molecular complexity index is 2120. The summed E-state index contributed by atoms with van der Waals surface area (Å²) in [5, 5.41) is 0. The smallest absolute Gasteiger partial charge is 0.333 e. The minimum atomic E-state index is -0.837. The highest BCUT2D eigenvalue weighted by atomic mass is 16.7. The molecule has 5 aliphatic carbocycles. The van der Waals surface area contributed by atoms with Crippen molar-refractivity contribution in [2.45, 2.75) is 125 Å². The number of hydrogen-bond acceptors (Lipinski definition) is 8. The summed E-state index contributed by atoms with van der Waals surface area (Å²) >= 11 is 0. The van der Waals surface area contributed by atoms with Gasteiger partial charge in [0.05, 0.1) is 35.5 Å². The Balaban J connectivity index is 0.735. The van der Waals surface area contributed by atoms with Crippen molar-refractivity contribution in [3.8, 4) is 11.5 Å². The van der Waals surface area contributed by atoms with Crippen LogP contribution in [0.25, 0.3) is 6.08 Å². The minimum Gasteiger partial charge on any atom is -0.490 e. The molecule has 10 nitrogen and oxygen atoms in total. The van der Waals surface area contributed by atoms with Crippen molar-refractivity contribution >= 4 is 41.4 Å². The average Bonchev–Trinajstić information content (AvgIpc) is 3.75. The van der Waals surface area contributed by atoms with E-state index in [1.54, 1.807) is 25.1 Å². The van der Waals surface area contributed by atoms with Crippen molar-refractivity contribution in [1.82, 2.24) is 4.90 Å². The van der Waals surface area contributed by atoms with Gasteiger partial charge in [0.15, 0.2) is 0 Å². The SMILES string of the molecule is Cc1cc(OCOC(=O)/C=C/c2ccc(OC3CCC4(C)C(CCC5C4CCC4(C)C(C(C)CCCC(C)C)CCC54)C3)cc2)cc(N2C(=O)C3C4C(=O)N(C)C(=O)C4C3C2=O)c1. The largest absolute Gasteiger partial charge is 0.490 e. The van der Waals surface area contributed by atoms with Gasteiger partial charge in [0.1, 0.15) is 11.5 Å². The highest BCUT2D eigenvalue weighted by Gasteiger charge is 2.73. The van der Waals surface area contributed by atoms with E-state index < -0.39 is 53.3 Å². The van der Waals surface area contributed by atoms with Gasteiger partial charge in [-0.3, -0.25) is 24.1 Å². The molecule has 13 unspecified atom stereocenters. The highest BCUT2D eigenvalue weighted by Crippen LogP contribution is 2.68. The van der Waals surface area contributed by atoms with Crippen LogP contribution in [0.2, 0.25) is 0 Å². The molecular formula is C53H68N2O8. The first-order valence-electron chi connectivity index (χ1n) is 24.1. The first kappa shape index (κ1) is 43.8. The van der Waals surface area contributed by atoms with Gasteiger partial charge in [-0.2, -0.15) is 0 Å². The van der Waals surface area contributed by atoms with E-state index in [0.29, 0.717) is 22.1 Å². The molecule has 0 aromatic heterocycles. The number of hydrogen-bond donors (Lipinski definition) is 0. The predicted octanol–water partition coefficient (Wildman–Crippen LogP) is 9.81. The molecule has 338 valence electrons. The second-order valence-electron chi connectivity index (χ2n) is 21.7. The van der Waals surface area contributed by atoms with Crippen molar-refractivity contribution in [3.05, 3.63) is 59.7 Å². The van der Waals surface area contributed by atoms with Crippen LogP contribution in [0.5, 0.6) is 11.5 Å².